The van der Waals surface area contributed by atoms with E-state index in [0.29, 0.717) is 0 Å². The summed E-state index contributed by atoms with van der Waals surface area (Å²) in [5.41, 5.74) is 23.7. The second kappa shape index (κ2) is 14.1. The number of aliphatic hydroxyl groups is 9. The SMILES string of the molecule is NC[C@@H]1O[C@H](O[C@H]2[C@@H](O)[C@H](O[C@@H]3[C@@H](O)[C@H](O)C[C@H](N)[C@H]3O[C@H]3O[C@H](CO)[C@@H](O)[C@H](O)[C@H]3N)O[C@@H]2CO)[C@H](N)[C@@H](O)[C@@H]1O. The molecule has 0 aromatic rings. The van der Waals surface area contributed by atoms with Crippen LogP contribution in [0.2, 0.25) is 0 Å². The van der Waals surface area contributed by atoms with E-state index in [-0.39, 0.29) is 13.0 Å². The van der Waals surface area contributed by atoms with Gasteiger partial charge in [-0.25, -0.2) is 0 Å². The molecule has 0 unspecified atom stereocenters. The van der Waals surface area contributed by atoms with Gasteiger partial charge in [-0.2, -0.15) is 0 Å². The molecule has 0 aromatic heterocycles. The second-order valence-corrected chi connectivity index (χ2v) is 11.1. The summed E-state index contributed by atoms with van der Waals surface area (Å²) in [6.45, 7) is -1.54. The molecule has 3 saturated heterocycles. The average Bonchev–Trinajstić information content (AvgIpc) is 3.27. The van der Waals surface area contributed by atoms with Crippen molar-refractivity contribution in [3.05, 3.63) is 0 Å². The molecule has 0 radical (unpaired) electrons. The maximum Gasteiger partial charge on any atom is 0.187 e. The van der Waals surface area contributed by atoms with Gasteiger partial charge in [0.2, 0.25) is 0 Å². The van der Waals surface area contributed by atoms with E-state index < -0.39 is 130 Å². The summed E-state index contributed by atoms with van der Waals surface area (Å²) in [6, 6.07) is -3.58. The summed E-state index contributed by atoms with van der Waals surface area (Å²) in [5.74, 6) is 0. The quantitative estimate of drug-likeness (QED) is 0.114. The van der Waals surface area contributed by atoms with Crippen molar-refractivity contribution >= 4 is 0 Å². The Hall–Kier alpha value is -0.760. The highest BCUT2D eigenvalue weighted by Crippen LogP contribution is 2.34. The van der Waals surface area contributed by atoms with E-state index in [0.717, 1.165) is 0 Å². The summed E-state index contributed by atoms with van der Waals surface area (Å²) in [5, 5.41) is 92.5. The van der Waals surface area contributed by atoms with Crippen molar-refractivity contribution < 1.29 is 74.4 Å². The van der Waals surface area contributed by atoms with Gasteiger partial charge in [0.15, 0.2) is 18.9 Å². The zero-order valence-electron chi connectivity index (χ0n) is 22.6. The Kier molecular flexibility index (Phi) is 11.5. The lowest BCUT2D eigenvalue weighted by Crippen LogP contribution is -2.67. The molecule has 19 heteroatoms. The Morgan fingerprint density at radius 2 is 1.02 bits per heavy atom. The highest BCUT2D eigenvalue weighted by molar-refractivity contribution is 5.01. The minimum Gasteiger partial charge on any atom is -0.394 e. The first-order valence-electron chi connectivity index (χ1n) is 13.7. The average molecular weight is 617 g/mol. The summed E-state index contributed by atoms with van der Waals surface area (Å²) in [4.78, 5) is 0. The second-order valence-electron chi connectivity index (χ2n) is 11.1. The summed E-state index contributed by atoms with van der Waals surface area (Å²) in [6.07, 6.45) is -22.9. The molecule has 1 aliphatic carbocycles. The van der Waals surface area contributed by atoms with Crippen LogP contribution in [0.1, 0.15) is 6.42 Å². The zero-order valence-corrected chi connectivity index (χ0v) is 22.6. The van der Waals surface area contributed by atoms with Crippen molar-refractivity contribution in [2.75, 3.05) is 19.8 Å². The molecule has 42 heavy (non-hydrogen) atoms. The molecule has 0 aromatic carbocycles. The molecule has 0 spiro atoms. The maximum absolute atomic E-state index is 11.1. The normalized spacial score (nSPS) is 53.8. The maximum atomic E-state index is 11.1. The lowest BCUT2D eigenvalue weighted by atomic mass is 9.85. The molecule has 0 amide bonds. The fraction of sp³-hybridized carbons (Fsp3) is 1.00. The minimum atomic E-state index is -1.66. The molecule has 19 nitrogen and oxygen atoms in total. The molecule has 4 rings (SSSR count). The molecule has 3 aliphatic heterocycles. The van der Waals surface area contributed by atoms with Crippen molar-refractivity contribution in [3.8, 4) is 0 Å². The molecular weight excluding hydrogens is 572 g/mol. The number of hydrogen-bond donors (Lipinski definition) is 13. The summed E-state index contributed by atoms with van der Waals surface area (Å²) < 4.78 is 34.2. The van der Waals surface area contributed by atoms with E-state index in [2.05, 4.69) is 0 Å². The number of hydrogen-bond acceptors (Lipinski definition) is 19. The molecule has 19 atom stereocenters. The van der Waals surface area contributed by atoms with E-state index in [1.54, 1.807) is 0 Å². The van der Waals surface area contributed by atoms with Gasteiger partial charge in [-0.3, -0.25) is 0 Å². The molecule has 246 valence electrons. The highest BCUT2D eigenvalue weighted by atomic mass is 16.8. The fourth-order valence-electron chi connectivity index (χ4n) is 5.64. The van der Waals surface area contributed by atoms with Crippen molar-refractivity contribution in [2.45, 2.75) is 123 Å². The number of nitrogens with two attached hydrogens (primary N) is 4. The molecule has 1 saturated carbocycles. The molecule has 0 bridgehead atoms. The van der Waals surface area contributed by atoms with Crippen molar-refractivity contribution in [3.63, 3.8) is 0 Å². The van der Waals surface area contributed by atoms with Crippen LogP contribution in [-0.4, -0.2) is 182 Å². The van der Waals surface area contributed by atoms with E-state index in [1.807, 2.05) is 0 Å². The van der Waals surface area contributed by atoms with Crippen LogP contribution in [-0.2, 0) is 28.4 Å². The van der Waals surface area contributed by atoms with Crippen molar-refractivity contribution in [1.82, 2.24) is 0 Å². The van der Waals surface area contributed by atoms with Crippen molar-refractivity contribution in [1.29, 1.82) is 0 Å². The Balaban J connectivity index is 1.50. The number of aliphatic hydroxyl groups excluding tert-OH is 9. The predicted octanol–water partition coefficient (Wildman–Crippen LogP) is -8.83. The van der Waals surface area contributed by atoms with Gasteiger partial charge in [-0.05, 0) is 6.42 Å². The fourth-order valence-corrected chi connectivity index (χ4v) is 5.64. The van der Waals surface area contributed by atoms with Crippen LogP contribution in [0.4, 0.5) is 0 Å². The predicted molar refractivity (Wildman–Crippen MR) is 134 cm³/mol. The molecular formula is C23H44N4O15. The summed E-state index contributed by atoms with van der Waals surface area (Å²) in [7, 11) is 0. The van der Waals surface area contributed by atoms with Crippen LogP contribution in [0, 0.1) is 0 Å². The molecule has 3 heterocycles. The Bertz CT molecular complexity index is 865. The molecule has 4 aliphatic rings. The first-order chi connectivity index (χ1) is 19.8. The smallest absolute Gasteiger partial charge is 0.187 e. The first-order valence-corrected chi connectivity index (χ1v) is 13.7. The van der Waals surface area contributed by atoms with Crippen molar-refractivity contribution in [2.24, 2.45) is 22.9 Å². The number of rotatable bonds is 9. The van der Waals surface area contributed by atoms with Gasteiger partial charge in [0.05, 0.1) is 31.4 Å². The topological polar surface area (TPSA) is 342 Å². The van der Waals surface area contributed by atoms with E-state index >= 15 is 0 Å². The molecule has 17 N–H and O–H groups in total. The third-order valence-corrected chi connectivity index (χ3v) is 8.24. The lowest BCUT2D eigenvalue weighted by molar-refractivity contribution is -0.315. The highest BCUT2D eigenvalue weighted by Gasteiger charge is 2.54. The van der Waals surface area contributed by atoms with E-state index in [9.17, 15) is 46.0 Å². The van der Waals surface area contributed by atoms with Crippen LogP contribution >= 0.6 is 0 Å². The van der Waals surface area contributed by atoms with E-state index in [4.69, 9.17) is 51.4 Å². The largest absolute Gasteiger partial charge is 0.394 e. The third-order valence-electron chi connectivity index (χ3n) is 8.24. The van der Waals surface area contributed by atoms with Gasteiger partial charge < -0.3 is 97.3 Å². The van der Waals surface area contributed by atoms with Gasteiger partial charge in [0.1, 0.15) is 73.2 Å². The Morgan fingerprint density at radius 1 is 0.548 bits per heavy atom. The monoisotopic (exact) mass is 616 g/mol. The van der Waals surface area contributed by atoms with Crippen LogP contribution in [0.15, 0.2) is 0 Å². The van der Waals surface area contributed by atoms with Gasteiger partial charge >= 0.3 is 0 Å². The Labute approximate surface area is 240 Å². The molecule has 4 fully saturated rings. The van der Waals surface area contributed by atoms with Gasteiger partial charge in [0.25, 0.3) is 0 Å². The zero-order chi connectivity index (χ0) is 31.0. The third kappa shape index (κ3) is 6.60. The lowest BCUT2D eigenvalue weighted by Gasteiger charge is -2.46. The Morgan fingerprint density at radius 3 is 1.57 bits per heavy atom. The van der Waals surface area contributed by atoms with Crippen LogP contribution in [0.25, 0.3) is 0 Å². The first kappa shape index (κ1) is 34.1. The number of ether oxygens (including phenoxy) is 6. The van der Waals surface area contributed by atoms with E-state index in [1.165, 1.54) is 0 Å². The van der Waals surface area contributed by atoms with Crippen LogP contribution < -0.4 is 22.9 Å². The van der Waals surface area contributed by atoms with Gasteiger partial charge in [-0.1, -0.05) is 0 Å². The van der Waals surface area contributed by atoms with Gasteiger partial charge in [0, 0.05) is 12.6 Å². The van der Waals surface area contributed by atoms with Crippen LogP contribution in [0.3, 0.4) is 0 Å². The van der Waals surface area contributed by atoms with Gasteiger partial charge in [-0.15, -0.1) is 0 Å². The summed E-state index contributed by atoms with van der Waals surface area (Å²) >= 11 is 0. The standard InChI is InChI=1S/C23H44N4O15/c24-2-7-13(32)15(34)10(26)21(37-7)41-19-9(4-29)39-23(17(19)36)42-20-12(31)6(30)1-5(25)18(20)40-22-11(27)16(35)14(33)8(3-28)38-22/h5-23,28-36H,1-4,24-27H2/t5-,6+,7-,8+,9+,10+,11+,12-,13+,14+,15+,16+,17+,18+,19+,20+,21+,22+,23-/m0/s1. The minimum absolute atomic E-state index is 0.158. The van der Waals surface area contributed by atoms with Crippen LogP contribution in [0.5, 0.6) is 0 Å².